The van der Waals surface area contributed by atoms with Crippen LogP contribution < -0.4 is 5.32 Å². The van der Waals surface area contributed by atoms with E-state index in [2.05, 4.69) is 5.32 Å². The number of sulfone groups is 1. The molecule has 122 valence electrons. The zero-order valence-corrected chi connectivity index (χ0v) is 13.8. The average molecular weight is 362 g/mol. The molecule has 1 aromatic heterocycles. The number of benzene rings is 2. The quantitative estimate of drug-likeness (QED) is 0.761. The normalized spacial score (nSPS) is 11.2. The highest BCUT2D eigenvalue weighted by Gasteiger charge is 2.23. The van der Waals surface area contributed by atoms with Crippen molar-refractivity contribution in [1.82, 2.24) is 0 Å². The molecule has 0 saturated carbocycles. The molecule has 0 saturated heterocycles. The Morgan fingerprint density at radius 3 is 2.42 bits per heavy atom. The molecule has 1 N–H and O–H groups in total. The Labute approximate surface area is 143 Å². The standard InChI is InChI=1S/C17H12ClNO4S/c18-12-5-4-6-13(11-12)19-17(20)15-9-10-16(23-15)24(21,22)14-7-2-1-3-8-14/h1-11H,(H,19,20). The minimum absolute atomic E-state index is 0.0983. The van der Waals surface area contributed by atoms with E-state index in [1.54, 1.807) is 42.5 Å². The van der Waals surface area contributed by atoms with Crippen molar-refractivity contribution in [2.24, 2.45) is 0 Å². The second kappa shape index (κ2) is 6.51. The molecule has 2 aromatic carbocycles. The highest BCUT2D eigenvalue weighted by molar-refractivity contribution is 7.91. The number of halogens is 1. The van der Waals surface area contributed by atoms with Gasteiger partial charge in [-0.25, -0.2) is 8.42 Å². The molecule has 3 rings (SSSR count). The largest absolute Gasteiger partial charge is 0.439 e. The third kappa shape index (κ3) is 3.34. The van der Waals surface area contributed by atoms with E-state index < -0.39 is 15.7 Å². The van der Waals surface area contributed by atoms with Gasteiger partial charge in [-0.05, 0) is 42.5 Å². The van der Waals surface area contributed by atoms with E-state index in [-0.39, 0.29) is 15.7 Å². The summed E-state index contributed by atoms with van der Waals surface area (Å²) in [7, 11) is -3.80. The maximum Gasteiger partial charge on any atom is 0.291 e. The van der Waals surface area contributed by atoms with E-state index >= 15 is 0 Å². The molecule has 0 radical (unpaired) electrons. The van der Waals surface area contributed by atoms with Crippen LogP contribution in [0.5, 0.6) is 0 Å². The third-order valence-electron chi connectivity index (χ3n) is 3.21. The first-order valence-corrected chi connectivity index (χ1v) is 8.80. The molecule has 0 aliphatic heterocycles. The van der Waals surface area contributed by atoms with Crippen LogP contribution in [-0.2, 0) is 9.84 Å². The van der Waals surface area contributed by atoms with Gasteiger partial charge in [0.1, 0.15) is 0 Å². The number of carbonyl (C=O) groups is 1. The average Bonchev–Trinajstić information content (AvgIpc) is 3.07. The number of hydrogen-bond donors (Lipinski definition) is 1. The molecule has 0 aliphatic carbocycles. The van der Waals surface area contributed by atoms with Gasteiger partial charge < -0.3 is 9.73 Å². The van der Waals surface area contributed by atoms with Crippen molar-refractivity contribution in [3.8, 4) is 0 Å². The summed E-state index contributed by atoms with van der Waals surface area (Å²) < 4.78 is 30.1. The summed E-state index contributed by atoms with van der Waals surface area (Å²) in [5.41, 5.74) is 0.483. The van der Waals surface area contributed by atoms with Gasteiger partial charge in [-0.2, -0.15) is 0 Å². The first kappa shape index (κ1) is 16.3. The van der Waals surface area contributed by atoms with Gasteiger partial charge in [0.15, 0.2) is 5.76 Å². The Balaban J connectivity index is 1.84. The fraction of sp³-hybridized carbons (Fsp3) is 0. The smallest absolute Gasteiger partial charge is 0.291 e. The lowest BCUT2D eigenvalue weighted by Crippen LogP contribution is -2.10. The Bertz CT molecular complexity index is 981. The minimum Gasteiger partial charge on any atom is -0.439 e. The summed E-state index contributed by atoms with van der Waals surface area (Å²) >= 11 is 5.85. The van der Waals surface area contributed by atoms with Crippen LogP contribution in [0.2, 0.25) is 5.02 Å². The lowest BCUT2D eigenvalue weighted by Gasteiger charge is -2.03. The van der Waals surface area contributed by atoms with Gasteiger partial charge in [0.2, 0.25) is 14.9 Å². The summed E-state index contributed by atoms with van der Waals surface area (Å²) in [6.45, 7) is 0. The molecule has 0 aliphatic rings. The Morgan fingerprint density at radius 1 is 0.958 bits per heavy atom. The summed E-state index contributed by atoms with van der Waals surface area (Å²) in [4.78, 5) is 12.3. The van der Waals surface area contributed by atoms with Crippen molar-refractivity contribution in [2.75, 3.05) is 5.32 Å². The zero-order chi connectivity index (χ0) is 17.2. The minimum atomic E-state index is -3.80. The SMILES string of the molecule is O=C(Nc1cccc(Cl)c1)c1ccc(S(=O)(=O)c2ccccc2)o1. The summed E-state index contributed by atoms with van der Waals surface area (Å²) in [5.74, 6) is -0.670. The van der Waals surface area contributed by atoms with Crippen molar-refractivity contribution in [3.63, 3.8) is 0 Å². The first-order chi connectivity index (χ1) is 11.5. The molecule has 7 heteroatoms. The summed E-state index contributed by atoms with van der Waals surface area (Å²) in [5, 5.41) is 2.78. The van der Waals surface area contributed by atoms with Gasteiger partial charge in [0, 0.05) is 10.7 Å². The van der Waals surface area contributed by atoms with Crippen LogP contribution in [0.3, 0.4) is 0 Å². The van der Waals surface area contributed by atoms with E-state index in [4.69, 9.17) is 16.0 Å². The number of anilines is 1. The highest BCUT2D eigenvalue weighted by Crippen LogP contribution is 2.23. The van der Waals surface area contributed by atoms with Crippen molar-refractivity contribution in [1.29, 1.82) is 0 Å². The maximum atomic E-state index is 12.4. The molecular formula is C17H12ClNO4S. The van der Waals surface area contributed by atoms with E-state index in [9.17, 15) is 13.2 Å². The number of amides is 1. The Morgan fingerprint density at radius 2 is 1.71 bits per heavy atom. The second-order valence-electron chi connectivity index (χ2n) is 4.90. The molecule has 24 heavy (non-hydrogen) atoms. The van der Waals surface area contributed by atoms with Gasteiger partial charge in [-0.15, -0.1) is 0 Å². The topological polar surface area (TPSA) is 76.4 Å². The number of carbonyl (C=O) groups excluding carboxylic acids is 1. The molecule has 0 unspecified atom stereocenters. The van der Waals surface area contributed by atoms with Gasteiger partial charge in [0.05, 0.1) is 4.90 Å². The molecule has 0 bridgehead atoms. The van der Waals surface area contributed by atoms with Gasteiger partial charge in [-0.1, -0.05) is 35.9 Å². The number of nitrogens with one attached hydrogen (secondary N) is 1. The number of hydrogen-bond acceptors (Lipinski definition) is 4. The predicted molar refractivity (Wildman–Crippen MR) is 90.0 cm³/mol. The molecule has 0 spiro atoms. The molecule has 5 nitrogen and oxygen atoms in total. The van der Waals surface area contributed by atoms with Crippen LogP contribution in [0, 0.1) is 0 Å². The number of furan rings is 1. The van der Waals surface area contributed by atoms with Gasteiger partial charge in [0.25, 0.3) is 5.91 Å². The van der Waals surface area contributed by atoms with Crippen molar-refractivity contribution >= 4 is 33.0 Å². The monoisotopic (exact) mass is 361 g/mol. The van der Waals surface area contributed by atoms with E-state index in [0.29, 0.717) is 10.7 Å². The van der Waals surface area contributed by atoms with E-state index in [1.807, 2.05) is 0 Å². The highest BCUT2D eigenvalue weighted by atomic mass is 35.5. The molecule has 3 aromatic rings. The lowest BCUT2D eigenvalue weighted by atomic mass is 10.3. The Hall–Kier alpha value is -2.57. The van der Waals surface area contributed by atoms with Crippen LogP contribution in [0.15, 0.2) is 81.1 Å². The van der Waals surface area contributed by atoms with Crippen LogP contribution in [0.4, 0.5) is 5.69 Å². The van der Waals surface area contributed by atoms with Crippen LogP contribution >= 0.6 is 11.6 Å². The zero-order valence-electron chi connectivity index (χ0n) is 12.3. The van der Waals surface area contributed by atoms with Crippen molar-refractivity contribution < 1.29 is 17.6 Å². The van der Waals surface area contributed by atoms with Gasteiger partial charge >= 0.3 is 0 Å². The predicted octanol–water partition coefficient (Wildman–Crippen LogP) is 4.02. The van der Waals surface area contributed by atoms with Crippen LogP contribution in [0.1, 0.15) is 10.6 Å². The second-order valence-corrected chi connectivity index (χ2v) is 7.22. The molecule has 1 heterocycles. The lowest BCUT2D eigenvalue weighted by molar-refractivity contribution is 0.0991. The van der Waals surface area contributed by atoms with E-state index in [0.717, 1.165) is 0 Å². The fourth-order valence-corrected chi connectivity index (χ4v) is 3.45. The first-order valence-electron chi connectivity index (χ1n) is 6.94. The summed E-state index contributed by atoms with van der Waals surface area (Å²) in [6.07, 6.45) is 0. The Kier molecular flexibility index (Phi) is 4.42. The summed E-state index contributed by atoms with van der Waals surface area (Å²) in [6, 6.07) is 17.0. The molecule has 1 amide bonds. The molecular weight excluding hydrogens is 350 g/mol. The maximum absolute atomic E-state index is 12.4. The van der Waals surface area contributed by atoms with Crippen LogP contribution in [0.25, 0.3) is 0 Å². The molecule has 0 fully saturated rings. The van der Waals surface area contributed by atoms with Gasteiger partial charge in [-0.3, -0.25) is 4.79 Å². The number of rotatable bonds is 4. The fourth-order valence-electron chi connectivity index (χ4n) is 2.06. The van der Waals surface area contributed by atoms with E-state index in [1.165, 1.54) is 24.3 Å². The van der Waals surface area contributed by atoms with Crippen LogP contribution in [-0.4, -0.2) is 14.3 Å². The third-order valence-corrected chi connectivity index (χ3v) is 5.08. The van der Waals surface area contributed by atoms with Crippen molar-refractivity contribution in [2.45, 2.75) is 9.99 Å². The van der Waals surface area contributed by atoms with Crippen molar-refractivity contribution in [3.05, 3.63) is 77.5 Å². The molecule has 0 atom stereocenters.